The molecule has 172 valence electrons. The standard InChI is InChI=1S/C27H24N2O4S/c1-3-23(19-11-7-5-8-12-19)24-33-26(30)27(4-2,20-13-9-6-10-14-20)25(34-24)28-21-15-17-22(18-16-21)29(31)32/h5-18H,3-4H2,1-2H3/b24-23+,28-25?/t27-/m0/s1. The average molecular weight is 473 g/mol. The van der Waals surface area contributed by atoms with Gasteiger partial charge < -0.3 is 4.74 Å². The maximum atomic E-state index is 13.7. The minimum atomic E-state index is -1.08. The summed E-state index contributed by atoms with van der Waals surface area (Å²) >= 11 is 1.35. The molecule has 0 spiro atoms. The van der Waals surface area contributed by atoms with Gasteiger partial charge >= 0.3 is 5.97 Å². The number of nitrogens with zero attached hydrogens (tertiary/aromatic N) is 2. The van der Waals surface area contributed by atoms with Crippen LogP contribution in [-0.2, 0) is 14.9 Å². The molecule has 3 aromatic carbocycles. The molecule has 0 aromatic heterocycles. The van der Waals surface area contributed by atoms with E-state index in [1.165, 1.54) is 23.9 Å². The predicted molar refractivity (Wildman–Crippen MR) is 136 cm³/mol. The number of carbonyl (C=O) groups excluding carboxylic acids is 1. The van der Waals surface area contributed by atoms with Crippen molar-refractivity contribution in [1.82, 2.24) is 0 Å². The minimum Gasteiger partial charge on any atom is -0.418 e. The van der Waals surface area contributed by atoms with E-state index < -0.39 is 10.3 Å². The topological polar surface area (TPSA) is 81.8 Å². The third-order valence-electron chi connectivity index (χ3n) is 5.90. The molecule has 0 radical (unpaired) electrons. The first-order chi connectivity index (χ1) is 16.5. The Hall–Kier alpha value is -3.71. The van der Waals surface area contributed by atoms with Gasteiger partial charge in [-0.3, -0.25) is 14.9 Å². The molecule has 7 heteroatoms. The van der Waals surface area contributed by atoms with E-state index in [0.29, 0.717) is 28.7 Å². The second-order valence-corrected chi connectivity index (χ2v) is 8.75. The number of nitro groups is 1. The number of hydrogen-bond donors (Lipinski definition) is 0. The van der Waals surface area contributed by atoms with Crippen LogP contribution in [0.25, 0.3) is 5.57 Å². The van der Waals surface area contributed by atoms with Crippen molar-refractivity contribution in [3.63, 3.8) is 0 Å². The second kappa shape index (κ2) is 10.1. The van der Waals surface area contributed by atoms with Crippen LogP contribution in [0.15, 0.2) is 95.0 Å². The normalized spacial score (nSPS) is 20.6. The summed E-state index contributed by atoms with van der Waals surface area (Å²) in [6, 6.07) is 25.3. The van der Waals surface area contributed by atoms with Crippen LogP contribution in [0.2, 0.25) is 0 Å². The highest BCUT2D eigenvalue weighted by Crippen LogP contribution is 2.47. The first-order valence-corrected chi connectivity index (χ1v) is 11.9. The Balaban J connectivity index is 1.89. The molecular formula is C27H24N2O4S. The van der Waals surface area contributed by atoms with Crippen molar-refractivity contribution in [3.05, 3.63) is 111 Å². The fourth-order valence-corrected chi connectivity index (χ4v) is 5.38. The molecule has 1 saturated heterocycles. The summed E-state index contributed by atoms with van der Waals surface area (Å²) in [5.41, 5.74) is 2.16. The lowest BCUT2D eigenvalue weighted by molar-refractivity contribution is -0.384. The maximum Gasteiger partial charge on any atom is 0.329 e. The molecule has 0 aliphatic carbocycles. The molecule has 3 aromatic rings. The fraction of sp³-hybridized carbons (Fsp3) is 0.185. The monoisotopic (exact) mass is 472 g/mol. The van der Waals surface area contributed by atoms with Gasteiger partial charge in [-0.1, -0.05) is 74.5 Å². The van der Waals surface area contributed by atoms with Crippen molar-refractivity contribution in [1.29, 1.82) is 0 Å². The maximum absolute atomic E-state index is 13.7. The number of non-ortho nitro benzene ring substituents is 1. The predicted octanol–water partition coefficient (Wildman–Crippen LogP) is 7.04. The van der Waals surface area contributed by atoms with Gasteiger partial charge in [0.2, 0.25) is 0 Å². The van der Waals surface area contributed by atoms with Crippen LogP contribution in [0.4, 0.5) is 11.4 Å². The molecule has 1 fully saturated rings. The number of esters is 1. The van der Waals surface area contributed by atoms with Crippen LogP contribution in [0.3, 0.4) is 0 Å². The number of benzene rings is 3. The van der Waals surface area contributed by atoms with Crippen LogP contribution < -0.4 is 0 Å². The van der Waals surface area contributed by atoms with Gasteiger partial charge in [0.1, 0.15) is 10.5 Å². The molecule has 1 aliphatic rings. The molecule has 1 aliphatic heterocycles. The zero-order valence-corrected chi connectivity index (χ0v) is 19.7. The third kappa shape index (κ3) is 4.39. The van der Waals surface area contributed by atoms with Gasteiger partial charge in [0.25, 0.3) is 5.69 Å². The summed E-state index contributed by atoms with van der Waals surface area (Å²) in [5.74, 6) is -0.377. The number of hydrogen-bond acceptors (Lipinski definition) is 6. The minimum absolute atomic E-state index is 0.0117. The SMILES string of the molecule is CC/C(=C1/OC(=O)[C@@](CC)(c2ccccc2)C(=Nc2ccc([N+](=O)[O-])cc2)S1)c1ccccc1. The van der Waals surface area contributed by atoms with Crippen LogP contribution >= 0.6 is 11.8 Å². The first kappa shape index (κ1) is 23.4. The largest absolute Gasteiger partial charge is 0.418 e. The van der Waals surface area contributed by atoms with Gasteiger partial charge in [0, 0.05) is 17.7 Å². The Bertz CT molecular complexity index is 1250. The smallest absolute Gasteiger partial charge is 0.329 e. The van der Waals surface area contributed by atoms with E-state index in [1.54, 1.807) is 12.1 Å². The first-order valence-electron chi connectivity index (χ1n) is 11.1. The van der Waals surface area contributed by atoms with Crippen LogP contribution in [0.5, 0.6) is 0 Å². The summed E-state index contributed by atoms with van der Waals surface area (Å²) in [4.78, 5) is 29.2. The van der Waals surface area contributed by atoms with Crippen molar-refractivity contribution in [2.75, 3.05) is 0 Å². The number of nitro benzene ring substituents is 1. The van der Waals surface area contributed by atoms with E-state index >= 15 is 0 Å². The Kier molecular flexibility index (Phi) is 6.93. The van der Waals surface area contributed by atoms with Crippen LogP contribution in [-0.4, -0.2) is 15.9 Å². The Morgan fingerprint density at radius 2 is 1.59 bits per heavy atom. The number of carbonyl (C=O) groups is 1. The van der Waals surface area contributed by atoms with Crippen molar-refractivity contribution < 1.29 is 14.5 Å². The van der Waals surface area contributed by atoms with E-state index in [1.807, 2.05) is 74.5 Å². The highest BCUT2D eigenvalue weighted by atomic mass is 32.2. The number of aliphatic imine (C=N–C) groups is 1. The summed E-state index contributed by atoms with van der Waals surface area (Å²) in [6.45, 7) is 3.96. The molecule has 6 nitrogen and oxygen atoms in total. The Morgan fingerprint density at radius 1 is 0.971 bits per heavy atom. The van der Waals surface area contributed by atoms with E-state index in [4.69, 9.17) is 9.73 Å². The van der Waals surface area contributed by atoms with Gasteiger partial charge in [0.05, 0.1) is 10.6 Å². The summed E-state index contributed by atoms with van der Waals surface area (Å²) < 4.78 is 6.01. The van der Waals surface area contributed by atoms with E-state index in [2.05, 4.69) is 0 Å². The molecule has 1 heterocycles. The van der Waals surface area contributed by atoms with Crippen molar-refractivity contribution in [2.24, 2.45) is 4.99 Å². The van der Waals surface area contributed by atoms with Crippen molar-refractivity contribution in [3.8, 4) is 0 Å². The molecule has 0 amide bonds. The van der Waals surface area contributed by atoms with Gasteiger partial charge in [-0.2, -0.15) is 0 Å². The Labute approximate surface area is 202 Å². The summed E-state index contributed by atoms with van der Waals surface area (Å²) in [5, 5.41) is 12.2. The molecule has 34 heavy (non-hydrogen) atoms. The van der Waals surface area contributed by atoms with Gasteiger partial charge in [-0.05, 0) is 47.9 Å². The molecule has 0 N–H and O–H groups in total. The van der Waals surface area contributed by atoms with E-state index in [0.717, 1.165) is 16.7 Å². The van der Waals surface area contributed by atoms with Gasteiger partial charge in [0.15, 0.2) is 5.09 Å². The highest BCUT2D eigenvalue weighted by molar-refractivity contribution is 8.17. The van der Waals surface area contributed by atoms with Crippen LogP contribution in [0.1, 0.15) is 37.8 Å². The molecule has 0 unspecified atom stereocenters. The fourth-order valence-electron chi connectivity index (χ4n) is 4.03. The number of rotatable bonds is 6. The van der Waals surface area contributed by atoms with Crippen molar-refractivity contribution >= 4 is 39.7 Å². The second-order valence-electron chi connectivity index (χ2n) is 7.79. The molecule has 1 atom stereocenters. The van der Waals surface area contributed by atoms with E-state index in [-0.39, 0.29) is 11.7 Å². The van der Waals surface area contributed by atoms with Crippen LogP contribution in [0, 0.1) is 10.1 Å². The lowest BCUT2D eigenvalue weighted by Crippen LogP contribution is -2.46. The summed E-state index contributed by atoms with van der Waals surface area (Å²) in [6.07, 6.45) is 1.13. The Morgan fingerprint density at radius 3 is 2.15 bits per heavy atom. The lowest BCUT2D eigenvalue weighted by Gasteiger charge is -2.36. The lowest BCUT2D eigenvalue weighted by atomic mass is 9.78. The number of allylic oxidation sites excluding steroid dienone is 1. The summed E-state index contributed by atoms with van der Waals surface area (Å²) in [7, 11) is 0. The number of ether oxygens (including phenoxy) is 1. The average Bonchev–Trinajstić information content (AvgIpc) is 2.86. The zero-order chi connectivity index (χ0) is 24.1. The quantitative estimate of drug-likeness (QED) is 0.218. The van der Waals surface area contributed by atoms with E-state index in [9.17, 15) is 14.9 Å². The van der Waals surface area contributed by atoms with Gasteiger partial charge in [-0.15, -0.1) is 0 Å². The third-order valence-corrected chi connectivity index (χ3v) is 7.05. The number of cyclic esters (lactones) is 1. The highest BCUT2D eigenvalue weighted by Gasteiger charge is 2.50. The number of thioether (sulfide) groups is 1. The van der Waals surface area contributed by atoms with Gasteiger partial charge in [-0.25, -0.2) is 4.99 Å². The zero-order valence-electron chi connectivity index (χ0n) is 18.9. The van der Waals surface area contributed by atoms with Crippen molar-refractivity contribution in [2.45, 2.75) is 32.1 Å². The molecule has 0 bridgehead atoms. The molecule has 0 saturated carbocycles. The molecule has 4 rings (SSSR count). The molecular weight excluding hydrogens is 448 g/mol.